The molecule has 0 atom stereocenters. The first-order valence-corrected chi connectivity index (χ1v) is 9.87. The monoisotopic (exact) mass is 489 g/mol. The van der Waals surface area contributed by atoms with Crippen molar-refractivity contribution in [3.8, 4) is 33.8 Å². The van der Waals surface area contributed by atoms with Gasteiger partial charge in [-0.05, 0) is 35.4 Å². The number of carboxylic acids is 1. The summed E-state index contributed by atoms with van der Waals surface area (Å²) in [7, 11) is 0. The quantitative estimate of drug-likeness (QED) is 0.327. The fourth-order valence-electron chi connectivity index (χ4n) is 3.39. The molecule has 0 amide bonds. The molecule has 0 aliphatic rings. The number of nitrogens with zero attached hydrogens (tertiary/aromatic N) is 3. The molecule has 0 saturated heterocycles. The Bertz CT molecular complexity index is 1400. The van der Waals surface area contributed by atoms with Gasteiger partial charge in [-0.15, -0.1) is 0 Å². The predicted octanol–water partition coefficient (Wildman–Crippen LogP) is 6.61. The van der Waals surface area contributed by atoms with Gasteiger partial charge in [-0.25, -0.2) is 14.8 Å². The third-order valence-electron chi connectivity index (χ3n) is 4.98. The maximum atomic E-state index is 13.7. The standard InChI is InChI=1S/C24H13F6N3O2/c25-23(26,27)19-10-9-13(12-31-19)18-11-20(24(28,29)30)33-21(32-18)16-7-3-1-5-14(16)15-6-2-4-8-17(15)22(34)35/h1-12H,(H,34,35). The molecule has 0 aliphatic heterocycles. The van der Waals surface area contributed by atoms with E-state index >= 15 is 0 Å². The van der Waals surface area contributed by atoms with E-state index in [1.807, 2.05) is 0 Å². The van der Waals surface area contributed by atoms with Gasteiger partial charge in [-0.1, -0.05) is 42.5 Å². The van der Waals surface area contributed by atoms with Crippen molar-refractivity contribution < 1.29 is 36.2 Å². The summed E-state index contributed by atoms with van der Waals surface area (Å²) in [4.78, 5) is 22.8. The first-order chi connectivity index (χ1) is 16.4. The second-order valence-electron chi connectivity index (χ2n) is 7.29. The van der Waals surface area contributed by atoms with Gasteiger partial charge in [0.25, 0.3) is 0 Å². The number of hydrogen-bond donors (Lipinski definition) is 1. The lowest BCUT2D eigenvalue weighted by Crippen LogP contribution is -2.11. The minimum atomic E-state index is -4.89. The van der Waals surface area contributed by atoms with Crippen molar-refractivity contribution in [2.24, 2.45) is 0 Å². The van der Waals surface area contributed by atoms with Crippen molar-refractivity contribution in [1.82, 2.24) is 15.0 Å². The second-order valence-corrected chi connectivity index (χ2v) is 7.29. The van der Waals surface area contributed by atoms with E-state index in [-0.39, 0.29) is 39.3 Å². The Morgan fingerprint density at radius 3 is 1.89 bits per heavy atom. The number of benzene rings is 2. The number of aromatic carboxylic acids is 1. The first kappa shape index (κ1) is 23.9. The highest BCUT2D eigenvalue weighted by Gasteiger charge is 2.35. The third kappa shape index (κ3) is 4.98. The summed E-state index contributed by atoms with van der Waals surface area (Å²) in [6, 6.07) is 14.2. The van der Waals surface area contributed by atoms with Crippen LogP contribution in [0.4, 0.5) is 26.3 Å². The largest absolute Gasteiger partial charge is 0.478 e. The van der Waals surface area contributed by atoms with Crippen LogP contribution in [0.3, 0.4) is 0 Å². The molecule has 0 spiro atoms. The topological polar surface area (TPSA) is 76.0 Å². The first-order valence-electron chi connectivity index (χ1n) is 9.87. The number of aromatic nitrogens is 3. The molecule has 178 valence electrons. The molecule has 2 aromatic carbocycles. The van der Waals surface area contributed by atoms with E-state index < -0.39 is 29.7 Å². The van der Waals surface area contributed by atoms with Gasteiger partial charge in [0.05, 0.1) is 11.3 Å². The van der Waals surface area contributed by atoms with Crippen LogP contribution < -0.4 is 0 Å². The SMILES string of the molecule is O=C(O)c1ccccc1-c1ccccc1-c1nc(-c2ccc(C(F)(F)F)nc2)cc(C(F)(F)F)n1. The number of alkyl halides is 6. The Kier molecular flexibility index (Phi) is 6.01. The van der Waals surface area contributed by atoms with Crippen LogP contribution in [-0.2, 0) is 12.4 Å². The molecule has 0 unspecified atom stereocenters. The number of carboxylic acid groups (broad SMARTS) is 1. The Morgan fingerprint density at radius 2 is 1.31 bits per heavy atom. The molecule has 5 nitrogen and oxygen atoms in total. The summed E-state index contributed by atoms with van der Waals surface area (Å²) >= 11 is 0. The van der Waals surface area contributed by atoms with Crippen molar-refractivity contribution in [1.29, 1.82) is 0 Å². The highest BCUT2D eigenvalue weighted by molar-refractivity contribution is 5.98. The normalized spacial score (nSPS) is 11.9. The number of rotatable bonds is 4. The summed E-state index contributed by atoms with van der Waals surface area (Å²) in [6.07, 6.45) is -8.83. The zero-order valence-electron chi connectivity index (χ0n) is 17.4. The second kappa shape index (κ2) is 8.82. The fraction of sp³-hybridized carbons (Fsp3) is 0.0833. The molecular formula is C24H13F6N3O2. The van der Waals surface area contributed by atoms with Gasteiger partial charge in [0.15, 0.2) is 5.82 Å². The van der Waals surface area contributed by atoms with E-state index in [2.05, 4.69) is 15.0 Å². The van der Waals surface area contributed by atoms with Gasteiger partial charge in [0, 0.05) is 17.3 Å². The van der Waals surface area contributed by atoms with Crippen molar-refractivity contribution >= 4 is 5.97 Å². The fourth-order valence-corrected chi connectivity index (χ4v) is 3.39. The number of carbonyl (C=O) groups is 1. The minimum absolute atomic E-state index is 0.0842. The average molecular weight is 489 g/mol. The Labute approximate surface area is 193 Å². The van der Waals surface area contributed by atoms with Gasteiger partial charge in [-0.3, -0.25) is 4.98 Å². The number of pyridine rings is 1. The molecule has 0 aliphatic carbocycles. The van der Waals surface area contributed by atoms with E-state index in [1.165, 1.54) is 36.4 Å². The van der Waals surface area contributed by atoms with Crippen LogP contribution in [0.5, 0.6) is 0 Å². The Morgan fingerprint density at radius 1 is 0.714 bits per heavy atom. The highest BCUT2D eigenvalue weighted by atomic mass is 19.4. The van der Waals surface area contributed by atoms with Gasteiger partial charge in [-0.2, -0.15) is 26.3 Å². The van der Waals surface area contributed by atoms with Gasteiger partial charge in [0.2, 0.25) is 0 Å². The molecular weight excluding hydrogens is 476 g/mol. The lowest BCUT2D eigenvalue weighted by molar-refractivity contribution is -0.141. The molecule has 0 fully saturated rings. The molecule has 0 bridgehead atoms. The molecule has 2 heterocycles. The number of hydrogen-bond acceptors (Lipinski definition) is 4. The molecule has 0 saturated carbocycles. The summed E-state index contributed by atoms with van der Waals surface area (Å²) in [5, 5.41) is 9.54. The van der Waals surface area contributed by atoms with Crippen LogP contribution >= 0.6 is 0 Å². The Balaban J connectivity index is 1.92. The van der Waals surface area contributed by atoms with Crippen LogP contribution in [0.15, 0.2) is 72.9 Å². The van der Waals surface area contributed by atoms with Crippen LogP contribution in [0.25, 0.3) is 33.8 Å². The van der Waals surface area contributed by atoms with Crippen molar-refractivity contribution in [3.05, 3.63) is 89.9 Å². The molecule has 4 aromatic rings. The van der Waals surface area contributed by atoms with Crippen molar-refractivity contribution in [2.75, 3.05) is 0 Å². The van der Waals surface area contributed by atoms with Crippen LogP contribution in [-0.4, -0.2) is 26.0 Å². The molecule has 1 N–H and O–H groups in total. The molecule has 11 heteroatoms. The van der Waals surface area contributed by atoms with E-state index in [9.17, 15) is 36.2 Å². The van der Waals surface area contributed by atoms with E-state index in [0.717, 1.165) is 12.3 Å². The van der Waals surface area contributed by atoms with Crippen molar-refractivity contribution in [3.63, 3.8) is 0 Å². The zero-order valence-corrected chi connectivity index (χ0v) is 17.4. The lowest BCUT2D eigenvalue weighted by atomic mass is 9.95. The molecule has 2 aromatic heterocycles. The Hall–Kier alpha value is -4.28. The lowest BCUT2D eigenvalue weighted by Gasteiger charge is -2.14. The maximum absolute atomic E-state index is 13.7. The zero-order chi connectivity index (χ0) is 25.4. The summed E-state index contributed by atoms with van der Waals surface area (Å²) in [5.41, 5.74) is -2.40. The maximum Gasteiger partial charge on any atom is 0.433 e. The van der Waals surface area contributed by atoms with Crippen LogP contribution in [0.2, 0.25) is 0 Å². The highest BCUT2D eigenvalue weighted by Crippen LogP contribution is 2.37. The number of halogens is 6. The summed E-state index contributed by atoms with van der Waals surface area (Å²) < 4.78 is 79.5. The smallest absolute Gasteiger partial charge is 0.433 e. The predicted molar refractivity (Wildman–Crippen MR) is 113 cm³/mol. The molecule has 35 heavy (non-hydrogen) atoms. The summed E-state index contributed by atoms with van der Waals surface area (Å²) in [6.45, 7) is 0. The van der Waals surface area contributed by atoms with E-state index in [0.29, 0.717) is 12.1 Å². The van der Waals surface area contributed by atoms with E-state index in [1.54, 1.807) is 12.1 Å². The average Bonchev–Trinajstić information content (AvgIpc) is 2.83. The van der Waals surface area contributed by atoms with Crippen LogP contribution in [0.1, 0.15) is 21.7 Å². The summed E-state index contributed by atoms with van der Waals surface area (Å²) in [5.74, 6) is -1.62. The molecule has 0 radical (unpaired) electrons. The third-order valence-corrected chi connectivity index (χ3v) is 4.98. The van der Waals surface area contributed by atoms with Gasteiger partial charge >= 0.3 is 18.3 Å². The van der Waals surface area contributed by atoms with Gasteiger partial charge < -0.3 is 5.11 Å². The molecule has 4 rings (SSSR count). The minimum Gasteiger partial charge on any atom is -0.478 e. The van der Waals surface area contributed by atoms with Crippen LogP contribution in [0, 0.1) is 0 Å². The van der Waals surface area contributed by atoms with Gasteiger partial charge in [0.1, 0.15) is 11.4 Å². The van der Waals surface area contributed by atoms with E-state index in [4.69, 9.17) is 0 Å². The van der Waals surface area contributed by atoms with Crippen molar-refractivity contribution in [2.45, 2.75) is 12.4 Å².